The highest BCUT2D eigenvalue weighted by molar-refractivity contribution is 6.08. The number of pyridine rings is 1. The van der Waals surface area contributed by atoms with E-state index in [1.165, 1.54) is 0 Å². The Balaban J connectivity index is 1.13. The van der Waals surface area contributed by atoms with Crippen molar-refractivity contribution in [3.05, 3.63) is 125 Å². The number of hydrogen-bond donors (Lipinski definition) is 3. The highest BCUT2D eigenvalue weighted by atomic mass is 16.5. The monoisotopic (exact) mass is 627 g/mol. The SMILES string of the molecule is CCOc1ccc(NC(=O)c2ccc(NC(=O)COC(=O)c3c4c(nc5ccccc35)/C(=C/c3ccc(O)cc3)CCC4)cc2)cc1. The number of ether oxygens (including phenoxy) is 2. The van der Waals surface area contributed by atoms with Gasteiger partial charge < -0.3 is 25.2 Å². The van der Waals surface area contributed by atoms with E-state index < -0.39 is 18.5 Å². The lowest BCUT2D eigenvalue weighted by molar-refractivity contribution is -0.119. The van der Waals surface area contributed by atoms with Crippen LogP contribution in [0, 0.1) is 0 Å². The van der Waals surface area contributed by atoms with Gasteiger partial charge in [0.2, 0.25) is 0 Å². The molecule has 1 aromatic heterocycles. The molecule has 0 unspecified atom stereocenters. The molecule has 0 saturated carbocycles. The summed E-state index contributed by atoms with van der Waals surface area (Å²) >= 11 is 0. The van der Waals surface area contributed by atoms with Crippen LogP contribution in [0.3, 0.4) is 0 Å². The second kappa shape index (κ2) is 14.0. The summed E-state index contributed by atoms with van der Waals surface area (Å²) in [4.78, 5) is 44.0. The molecule has 0 radical (unpaired) electrons. The van der Waals surface area contributed by atoms with E-state index in [-0.39, 0.29) is 11.7 Å². The van der Waals surface area contributed by atoms with Gasteiger partial charge in [-0.1, -0.05) is 30.3 Å². The predicted octanol–water partition coefficient (Wildman–Crippen LogP) is 7.26. The van der Waals surface area contributed by atoms with Crippen molar-refractivity contribution < 1.29 is 29.0 Å². The Kier molecular flexibility index (Phi) is 9.24. The van der Waals surface area contributed by atoms with E-state index in [0.717, 1.165) is 41.0 Å². The minimum Gasteiger partial charge on any atom is -0.508 e. The van der Waals surface area contributed by atoms with Gasteiger partial charge in [-0.15, -0.1) is 0 Å². The molecule has 2 amide bonds. The quantitative estimate of drug-likeness (QED) is 0.147. The highest BCUT2D eigenvalue weighted by Gasteiger charge is 2.26. The van der Waals surface area contributed by atoms with Gasteiger partial charge in [0.15, 0.2) is 6.61 Å². The fourth-order valence-corrected chi connectivity index (χ4v) is 5.59. The van der Waals surface area contributed by atoms with Crippen molar-refractivity contribution in [2.45, 2.75) is 26.2 Å². The maximum atomic E-state index is 13.6. The lowest BCUT2D eigenvalue weighted by atomic mass is 9.86. The number of carbonyl (C=O) groups is 3. The van der Waals surface area contributed by atoms with Crippen LogP contribution in [0.25, 0.3) is 22.6 Å². The maximum Gasteiger partial charge on any atom is 0.339 e. The smallest absolute Gasteiger partial charge is 0.339 e. The van der Waals surface area contributed by atoms with Gasteiger partial charge in [-0.05, 0) is 116 Å². The first-order valence-corrected chi connectivity index (χ1v) is 15.4. The number of fused-ring (bicyclic) bond motifs is 2. The predicted molar refractivity (Wildman–Crippen MR) is 182 cm³/mol. The number of aromatic hydroxyl groups is 1. The second-order valence-electron chi connectivity index (χ2n) is 11.1. The number of hydrogen-bond acceptors (Lipinski definition) is 7. The molecule has 236 valence electrons. The van der Waals surface area contributed by atoms with Crippen molar-refractivity contribution in [2.24, 2.45) is 0 Å². The Bertz CT molecular complexity index is 1970. The fourth-order valence-electron chi connectivity index (χ4n) is 5.59. The van der Waals surface area contributed by atoms with E-state index in [9.17, 15) is 19.5 Å². The fraction of sp³-hybridized carbons (Fsp3) is 0.158. The summed E-state index contributed by atoms with van der Waals surface area (Å²) in [5.41, 5.74) is 6.02. The summed E-state index contributed by atoms with van der Waals surface area (Å²) in [5.74, 6) is -0.491. The Morgan fingerprint density at radius 2 is 1.55 bits per heavy atom. The number of anilines is 2. The molecule has 9 heteroatoms. The minimum absolute atomic E-state index is 0.190. The third-order valence-electron chi connectivity index (χ3n) is 7.80. The lowest BCUT2D eigenvalue weighted by Crippen LogP contribution is -2.22. The minimum atomic E-state index is -0.595. The number of carbonyl (C=O) groups excluding carboxylic acids is 3. The number of benzene rings is 4. The van der Waals surface area contributed by atoms with Crippen LogP contribution in [0.5, 0.6) is 11.5 Å². The molecule has 4 aromatic carbocycles. The maximum absolute atomic E-state index is 13.6. The summed E-state index contributed by atoms with van der Waals surface area (Å²) in [5, 5.41) is 15.9. The van der Waals surface area contributed by atoms with Gasteiger partial charge in [0.1, 0.15) is 11.5 Å². The first-order valence-electron chi connectivity index (χ1n) is 15.4. The topological polar surface area (TPSA) is 127 Å². The van der Waals surface area contributed by atoms with E-state index in [1.807, 2.05) is 49.4 Å². The van der Waals surface area contributed by atoms with Crippen molar-refractivity contribution in [3.8, 4) is 11.5 Å². The Morgan fingerprint density at radius 1 is 0.851 bits per heavy atom. The molecule has 1 aliphatic carbocycles. The van der Waals surface area contributed by atoms with Crippen LogP contribution >= 0.6 is 0 Å². The van der Waals surface area contributed by atoms with Crippen LogP contribution < -0.4 is 15.4 Å². The molecule has 0 aliphatic heterocycles. The molecule has 1 aliphatic rings. The number of para-hydroxylation sites is 1. The molecule has 1 heterocycles. The van der Waals surface area contributed by atoms with Gasteiger partial charge in [0.25, 0.3) is 11.8 Å². The summed E-state index contributed by atoms with van der Waals surface area (Å²) < 4.78 is 11.0. The zero-order valence-electron chi connectivity index (χ0n) is 25.8. The van der Waals surface area contributed by atoms with Crippen LogP contribution in [0.4, 0.5) is 11.4 Å². The van der Waals surface area contributed by atoms with Gasteiger partial charge in [-0.25, -0.2) is 9.78 Å². The molecule has 0 fully saturated rings. The number of amides is 2. The number of aromatic nitrogens is 1. The van der Waals surface area contributed by atoms with Crippen molar-refractivity contribution >= 4 is 51.7 Å². The molecule has 0 saturated heterocycles. The highest BCUT2D eigenvalue weighted by Crippen LogP contribution is 2.36. The van der Waals surface area contributed by atoms with Gasteiger partial charge in [-0.3, -0.25) is 9.59 Å². The summed E-state index contributed by atoms with van der Waals surface area (Å²) in [6.07, 6.45) is 4.29. The zero-order valence-corrected chi connectivity index (χ0v) is 25.8. The summed E-state index contributed by atoms with van der Waals surface area (Å²) in [6, 6.07) is 27.8. The third-order valence-corrected chi connectivity index (χ3v) is 7.80. The molecule has 6 rings (SSSR count). The first kappa shape index (κ1) is 31.0. The number of esters is 1. The molecule has 0 bridgehead atoms. The van der Waals surface area contributed by atoms with E-state index in [0.29, 0.717) is 46.4 Å². The normalized spacial score (nSPS) is 13.1. The number of phenols is 1. The van der Waals surface area contributed by atoms with Crippen molar-refractivity contribution in [1.82, 2.24) is 4.98 Å². The van der Waals surface area contributed by atoms with Crippen molar-refractivity contribution in [2.75, 3.05) is 23.8 Å². The first-order chi connectivity index (χ1) is 22.9. The molecule has 47 heavy (non-hydrogen) atoms. The Morgan fingerprint density at radius 3 is 2.30 bits per heavy atom. The molecule has 9 nitrogen and oxygen atoms in total. The average Bonchev–Trinajstić information content (AvgIpc) is 3.08. The number of allylic oxidation sites excluding steroid dienone is 1. The van der Waals surface area contributed by atoms with Crippen LogP contribution in [-0.4, -0.2) is 41.1 Å². The summed E-state index contributed by atoms with van der Waals surface area (Å²) in [7, 11) is 0. The number of rotatable bonds is 9. The summed E-state index contributed by atoms with van der Waals surface area (Å²) in [6.45, 7) is 1.98. The van der Waals surface area contributed by atoms with Crippen LogP contribution in [0.2, 0.25) is 0 Å². The largest absolute Gasteiger partial charge is 0.508 e. The zero-order chi connectivity index (χ0) is 32.8. The van der Waals surface area contributed by atoms with Crippen LogP contribution in [0.1, 0.15) is 57.3 Å². The van der Waals surface area contributed by atoms with Gasteiger partial charge in [-0.2, -0.15) is 0 Å². The van der Waals surface area contributed by atoms with Crippen molar-refractivity contribution in [3.63, 3.8) is 0 Å². The Hall–Kier alpha value is -5.96. The molecular weight excluding hydrogens is 594 g/mol. The van der Waals surface area contributed by atoms with Crippen molar-refractivity contribution in [1.29, 1.82) is 0 Å². The van der Waals surface area contributed by atoms with E-state index in [1.54, 1.807) is 60.7 Å². The molecule has 3 N–H and O–H groups in total. The number of phenolic OH excluding ortho intramolecular Hbond substituents is 1. The second-order valence-corrected chi connectivity index (χ2v) is 11.1. The van der Waals surface area contributed by atoms with Gasteiger partial charge in [0, 0.05) is 22.3 Å². The van der Waals surface area contributed by atoms with E-state index >= 15 is 0 Å². The van der Waals surface area contributed by atoms with E-state index in [4.69, 9.17) is 14.5 Å². The number of nitrogens with zero attached hydrogens (tertiary/aromatic N) is 1. The standard InChI is InChI=1S/C38H33N3O6/c1-2-46-30-20-16-28(17-21-30)40-37(44)25-12-14-27(15-13-25)39-34(43)23-47-38(45)35-31-7-3-4-9-33(31)41-36-26(6-5-8-32(35)36)22-24-10-18-29(42)19-11-24/h3-4,7,9-22,42H,2,5-6,8,23H2,1H3,(H,39,43)(H,40,44)/b26-22+. The third kappa shape index (κ3) is 7.31. The van der Waals surface area contributed by atoms with Gasteiger partial charge >= 0.3 is 5.97 Å². The molecular formula is C38H33N3O6. The average molecular weight is 628 g/mol. The number of nitrogens with one attached hydrogen (secondary N) is 2. The Labute approximate surface area is 271 Å². The van der Waals surface area contributed by atoms with Gasteiger partial charge in [0.05, 0.1) is 23.4 Å². The lowest BCUT2D eigenvalue weighted by Gasteiger charge is -2.22. The van der Waals surface area contributed by atoms with Crippen LogP contribution in [-0.2, 0) is 16.0 Å². The molecule has 0 atom stereocenters. The van der Waals surface area contributed by atoms with E-state index in [2.05, 4.69) is 10.6 Å². The molecule has 5 aromatic rings. The van der Waals surface area contributed by atoms with Crippen LogP contribution in [0.15, 0.2) is 97.1 Å². The molecule has 0 spiro atoms.